The van der Waals surface area contributed by atoms with Gasteiger partial charge in [-0.05, 0) is 30.5 Å². The first kappa shape index (κ1) is 19.7. The van der Waals surface area contributed by atoms with Crippen molar-refractivity contribution in [2.75, 3.05) is 11.1 Å². The largest absolute Gasteiger partial charge is 0.325 e. The van der Waals surface area contributed by atoms with Crippen LogP contribution in [0.5, 0.6) is 0 Å². The first-order valence-electron chi connectivity index (χ1n) is 10.2. The maximum Gasteiger partial charge on any atom is 0.234 e. The number of benzene rings is 2. The van der Waals surface area contributed by atoms with Crippen LogP contribution in [0.4, 0.5) is 5.69 Å². The Morgan fingerprint density at radius 1 is 0.966 bits per heavy atom. The highest BCUT2D eigenvalue weighted by Gasteiger charge is 2.23. The zero-order chi connectivity index (χ0) is 19.9. The molecule has 1 amide bonds. The van der Waals surface area contributed by atoms with E-state index in [0.29, 0.717) is 11.8 Å². The highest BCUT2D eigenvalue weighted by molar-refractivity contribution is 7.99. The molecule has 2 aromatic carbocycles. The Kier molecular flexibility index (Phi) is 6.62. The van der Waals surface area contributed by atoms with Crippen molar-refractivity contribution in [3.63, 3.8) is 0 Å². The lowest BCUT2D eigenvalue weighted by Crippen LogP contribution is -2.18. The van der Waals surface area contributed by atoms with E-state index in [0.717, 1.165) is 35.9 Å². The molecule has 6 heteroatoms. The van der Waals surface area contributed by atoms with Crippen molar-refractivity contribution in [2.45, 2.75) is 49.7 Å². The fraction of sp³-hybridized carbons (Fsp3) is 0.348. The van der Waals surface area contributed by atoms with Gasteiger partial charge in [0.05, 0.1) is 5.75 Å². The molecule has 1 aliphatic carbocycles. The minimum Gasteiger partial charge on any atom is -0.325 e. The minimum absolute atomic E-state index is 0.0241. The third kappa shape index (κ3) is 5.26. The van der Waals surface area contributed by atoms with Gasteiger partial charge in [-0.25, -0.2) is 0 Å². The zero-order valence-corrected chi connectivity index (χ0v) is 17.3. The third-order valence-electron chi connectivity index (χ3n) is 5.27. The van der Waals surface area contributed by atoms with Crippen LogP contribution in [0.1, 0.15) is 49.5 Å². The van der Waals surface area contributed by atoms with Gasteiger partial charge < -0.3 is 9.88 Å². The van der Waals surface area contributed by atoms with Crippen molar-refractivity contribution in [3.05, 3.63) is 72.1 Å². The fourth-order valence-corrected chi connectivity index (χ4v) is 4.68. The van der Waals surface area contributed by atoms with Crippen LogP contribution in [-0.4, -0.2) is 26.4 Å². The molecule has 1 N–H and O–H groups in total. The molecular formula is C23H26N4OS. The van der Waals surface area contributed by atoms with Crippen molar-refractivity contribution in [3.8, 4) is 0 Å². The van der Waals surface area contributed by atoms with E-state index in [-0.39, 0.29) is 5.91 Å². The van der Waals surface area contributed by atoms with E-state index < -0.39 is 0 Å². The number of carbonyl (C=O) groups is 1. The molecule has 0 spiro atoms. The standard InChI is InChI=1S/C23H26N4OS/c28-22(24-19-12-6-2-7-13-19)17-29-23-26-25-21(16-18-10-4-1-5-11-18)27(23)20-14-8-3-9-15-20/h1-2,4-7,10-13,20H,3,8-9,14-17H2,(H,24,28). The average Bonchev–Trinajstić information content (AvgIpc) is 3.17. The molecule has 5 nitrogen and oxygen atoms in total. The molecule has 150 valence electrons. The zero-order valence-electron chi connectivity index (χ0n) is 16.5. The molecule has 0 atom stereocenters. The Balaban J connectivity index is 1.48. The maximum atomic E-state index is 12.4. The summed E-state index contributed by atoms with van der Waals surface area (Å²) in [5.41, 5.74) is 2.05. The summed E-state index contributed by atoms with van der Waals surface area (Å²) in [6, 6.07) is 20.4. The summed E-state index contributed by atoms with van der Waals surface area (Å²) < 4.78 is 2.30. The number of hydrogen-bond acceptors (Lipinski definition) is 4. The van der Waals surface area contributed by atoms with Gasteiger partial charge in [-0.15, -0.1) is 10.2 Å². The van der Waals surface area contributed by atoms with E-state index in [1.807, 2.05) is 36.4 Å². The molecule has 0 bridgehead atoms. The smallest absolute Gasteiger partial charge is 0.234 e. The molecule has 1 fully saturated rings. The number of carbonyl (C=O) groups excluding carboxylic acids is 1. The van der Waals surface area contributed by atoms with E-state index >= 15 is 0 Å². The van der Waals surface area contributed by atoms with Gasteiger partial charge in [0.1, 0.15) is 5.82 Å². The Bertz CT molecular complexity index is 921. The number of hydrogen-bond donors (Lipinski definition) is 1. The third-order valence-corrected chi connectivity index (χ3v) is 6.21. The van der Waals surface area contributed by atoms with Gasteiger partial charge in [0.25, 0.3) is 0 Å². The van der Waals surface area contributed by atoms with Crippen molar-refractivity contribution in [2.24, 2.45) is 0 Å². The molecule has 3 aromatic rings. The first-order valence-corrected chi connectivity index (χ1v) is 11.2. The minimum atomic E-state index is -0.0241. The van der Waals surface area contributed by atoms with Crippen LogP contribution in [0.2, 0.25) is 0 Å². The summed E-state index contributed by atoms with van der Waals surface area (Å²) >= 11 is 1.48. The van der Waals surface area contributed by atoms with Gasteiger partial charge in [-0.3, -0.25) is 4.79 Å². The van der Waals surface area contributed by atoms with E-state index in [4.69, 9.17) is 0 Å². The van der Waals surface area contributed by atoms with E-state index in [1.54, 1.807) is 0 Å². The van der Waals surface area contributed by atoms with Crippen molar-refractivity contribution in [1.82, 2.24) is 14.8 Å². The Morgan fingerprint density at radius 3 is 2.38 bits per heavy atom. The second-order valence-corrected chi connectivity index (χ2v) is 8.37. The Labute approximate surface area is 175 Å². The summed E-state index contributed by atoms with van der Waals surface area (Å²) in [5.74, 6) is 1.29. The lowest BCUT2D eigenvalue weighted by molar-refractivity contribution is -0.113. The van der Waals surface area contributed by atoms with Gasteiger partial charge in [0.2, 0.25) is 5.91 Å². The molecule has 0 aliphatic heterocycles. The van der Waals surface area contributed by atoms with Crippen LogP contribution < -0.4 is 5.32 Å². The van der Waals surface area contributed by atoms with Crippen LogP contribution in [0.15, 0.2) is 65.8 Å². The Morgan fingerprint density at radius 2 is 1.66 bits per heavy atom. The van der Waals surface area contributed by atoms with E-state index in [2.05, 4.69) is 44.3 Å². The van der Waals surface area contributed by atoms with Gasteiger partial charge in [-0.2, -0.15) is 0 Å². The monoisotopic (exact) mass is 406 g/mol. The number of nitrogens with zero attached hydrogens (tertiary/aromatic N) is 3. The van der Waals surface area contributed by atoms with Crippen molar-refractivity contribution < 1.29 is 4.79 Å². The van der Waals surface area contributed by atoms with Crippen LogP contribution in [-0.2, 0) is 11.2 Å². The van der Waals surface area contributed by atoms with Crippen molar-refractivity contribution in [1.29, 1.82) is 0 Å². The maximum absolute atomic E-state index is 12.4. The molecule has 0 saturated heterocycles. The van der Waals surface area contributed by atoms with Crippen LogP contribution in [0.25, 0.3) is 0 Å². The van der Waals surface area contributed by atoms with Gasteiger partial charge in [0.15, 0.2) is 5.16 Å². The topological polar surface area (TPSA) is 59.8 Å². The number of para-hydroxylation sites is 1. The number of thioether (sulfide) groups is 1. The summed E-state index contributed by atoms with van der Waals surface area (Å²) in [6.07, 6.45) is 6.86. The second kappa shape index (κ2) is 9.74. The lowest BCUT2D eigenvalue weighted by Gasteiger charge is -2.25. The SMILES string of the molecule is O=C(CSc1nnc(Cc2ccccc2)n1C1CCCCC1)Nc1ccccc1. The molecule has 1 aromatic heterocycles. The molecule has 1 aliphatic rings. The number of rotatable bonds is 7. The molecule has 1 saturated carbocycles. The quantitative estimate of drug-likeness (QED) is 0.554. The summed E-state index contributed by atoms with van der Waals surface area (Å²) in [5, 5.41) is 12.8. The van der Waals surface area contributed by atoms with Crippen LogP contribution >= 0.6 is 11.8 Å². The molecule has 29 heavy (non-hydrogen) atoms. The summed E-state index contributed by atoms with van der Waals surface area (Å²) in [7, 11) is 0. The van der Waals surface area contributed by atoms with Crippen LogP contribution in [0.3, 0.4) is 0 Å². The van der Waals surface area contributed by atoms with Crippen molar-refractivity contribution >= 4 is 23.4 Å². The average molecular weight is 407 g/mol. The van der Waals surface area contributed by atoms with E-state index in [9.17, 15) is 4.79 Å². The fourth-order valence-electron chi connectivity index (χ4n) is 3.86. The molecule has 4 rings (SSSR count). The van der Waals surface area contributed by atoms with Gasteiger partial charge in [0, 0.05) is 18.2 Å². The second-order valence-electron chi connectivity index (χ2n) is 7.43. The number of nitrogens with one attached hydrogen (secondary N) is 1. The molecule has 1 heterocycles. The highest BCUT2D eigenvalue weighted by Crippen LogP contribution is 2.33. The predicted octanol–water partition coefficient (Wildman–Crippen LogP) is 5.10. The highest BCUT2D eigenvalue weighted by atomic mass is 32.2. The van der Waals surface area contributed by atoms with E-state index in [1.165, 1.54) is 36.6 Å². The molecule has 0 radical (unpaired) electrons. The normalized spacial score (nSPS) is 14.6. The summed E-state index contributed by atoms with van der Waals surface area (Å²) in [4.78, 5) is 12.4. The summed E-state index contributed by atoms with van der Waals surface area (Å²) in [6.45, 7) is 0. The van der Waals surface area contributed by atoms with Gasteiger partial charge >= 0.3 is 0 Å². The molecular weight excluding hydrogens is 380 g/mol. The first-order chi connectivity index (χ1) is 14.3. The number of anilines is 1. The lowest BCUT2D eigenvalue weighted by atomic mass is 9.95. The van der Waals surface area contributed by atoms with Crippen LogP contribution in [0, 0.1) is 0 Å². The predicted molar refractivity (Wildman–Crippen MR) is 117 cm³/mol. The molecule has 0 unspecified atom stereocenters. The Hall–Kier alpha value is -2.60. The number of aromatic nitrogens is 3. The van der Waals surface area contributed by atoms with Gasteiger partial charge in [-0.1, -0.05) is 79.6 Å². The number of amides is 1.